The van der Waals surface area contributed by atoms with Crippen molar-refractivity contribution >= 4 is 11.8 Å². The highest BCUT2D eigenvalue weighted by atomic mass is 19.1. The number of fused-ring (bicyclic) bond motifs is 1. The van der Waals surface area contributed by atoms with Crippen LogP contribution in [0.1, 0.15) is 40.9 Å². The molecule has 1 aliphatic heterocycles. The van der Waals surface area contributed by atoms with Crippen LogP contribution in [0.25, 0.3) is 0 Å². The number of nitrogens with zero attached hydrogens (tertiary/aromatic N) is 4. The molecule has 4 rings (SSSR count). The normalized spacial score (nSPS) is 17.6. The molecule has 2 aromatic heterocycles. The Hall–Kier alpha value is -4.29. The lowest BCUT2D eigenvalue weighted by Gasteiger charge is -2.37. The highest BCUT2D eigenvalue weighted by Crippen LogP contribution is 2.27. The summed E-state index contributed by atoms with van der Waals surface area (Å²) >= 11 is 0. The first-order valence-electron chi connectivity index (χ1n) is 12.7. The molecule has 1 aromatic carbocycles. The second-order valence-corrected chi connectivity index (χ2v) is 9.74. The van der Waals surface area contributed by atoms with E-state index in [1.807, 2.05) is 6.92 Å². The molecule has 202 valence electrons. The van der Waals surface area contributed by atoms with Crippen LogP contribution in [-0.4, -0.2) is 75.6 Å². The first-order valence-corrected chi connectivity index (χ1v) is 12.7. The van der Waals surface area contributed by atoms with E-state index in [1.165, 1.54) is 12.3 Å². The lowest BCUT2D eigenvalue weighted by atomic mass is 9.99. The van der Waals surface area contributed by atoms with Gasteiger partial charge in [-0.1, -0.05) is 30.9 Å². The summed E-state index contributed by atoms with van der Waals surface area (Å²) in [5, 5.41) is 9.86. The first-order chi connectivity index (χ1) is 18.8. The van der Waals surface area contributed by atoms with Crippen molar-refractivity contribution in [3.63, 3.8) is 0 Å². The molecule has 0 saturated carbocycles. The smallest absolute Gasteiger partial charge is 0.259 e. The van der Waals surface area contributed by atoms with Gasteiger partial charge in [-0.05, 0) is 42.8 Å². The van der Waals surface area contributed by atoms with Gasteiger partial charge in [0.25, 0.3) is 5.91 Å². The second-order valence-electron chi connectivity index (χ2n) is 9.74. The zero-order valence-corrected chi connectivity index (χ0v) is 22.2. The quantitative estimate of drug-likeness (QED) is 0.493. The monoisotopic (exact) mass is 530 g/mol. The van der Waals surface area contributed by atoms with Crippen LogP contribution in [0, 0.1) is 23.6 Å². The van der Waals surface area contributed by atoms with Gasteiger partial charge in [0, 0.05) is 43.7 Å². The van der Waals surface area contributed by atoms with Crippen molar-refractivity contribution in [1.29, 1.82) is 0 Å². The number of aliphatic hydroxyl groups is 1. The number of likely N-dealkylation sites (N-methyl/N-ethyl adjacent to an activating group) is 1. The summed E-state index contributed by atoms with van der Waals surface area (Å²) < 4.78 is 20.3. The van der Waals surface area contributed by atoms with Gasteiger partial charge in [-0.2, -0.15) is 0 Å². The Labute approximate surface area is 227 Å². The van der Waals surface area contributed by atoms with Crippen molar-refractivity contribution in [1.82, 2.24) is 19.8 Å². The molecule has 3 atom stereocenters. The molecule has 1 N–H and O–H groups in total. The molecule has 0 saturated heterocycles. The maximum Gasteiger partial charge on any atom is 0.259 e. The van der Waals surface area contributed by atoms with E-state index >= 15 is 0 Å². The van der Waals surface area contributed by atoms with Gasteiger partial charge in [0.05, 0.1) is 31.2 Å². The van der Waals surface area contributed by atoms with Crippen molar-refractivity contribution in [3.8, 4) is 17.7 Å². The molecule has 3 heterocycles. The van der Waals surface area contributed by atoms with Crippen molar-refractivity contribution < 1.29 is 23.8 Å². The number of carbonyl (C=O) groups is 2. The van der Waals surface area contributed by atoms with Gasteiger partial charge >= 0.3 is 0 Å². The number of ether oxygens (including phenoxy) is 1. The van der Waals surface area contributed by atoms with Crippen molar-refractivity contribution in [2.45, 2.75) is 32.4 Å². The highest BCUT2D eigenvalue weighted by molar-refractivity contribution is 5.97. The van der Waals surface area contributed by atoms with Crippen LogP contribution < -0.4 is 4.74 Å². The molecule has 8 nitrogen and oxygen atoms in total. The largest absolute Gasteiger partial charge is 0.472 e. The van der Waals surface area contributed by atoms with Crippen LogP contribution >= 0.6 is 0 Å². The number of hydrogen-bond donors (Lipinski definition) is 1. The van der Waals surface area contributed by atoms with Crippen LogP contribution in [0.5, 0.6) is 5.88 Å². The van der Waals surface area contributed by atoms with Gasteiger partial charge in [-0.15, -0.1) is 0 Å². The summed E-state index contributed by atoms with van der Waals surface area (Å²) in [6, 6.07) is 10.9. The highest BCUT2D eigenvalue weighted by Gasteiger charge is 2.34. The van der Waals surface area contributed by atoms with Crippen LogP contribution in [0.4, 0.5) is 4.39 Å². The number of rotatable bonds is 6. The minimum Gasteiger partial charge on any atom is -0.472 e. The summed E-state index contributed by atoms with van der Waals surface area (Å²) in [7, 11) is 1.72. The number of hydrogen-bond acceptors (Lipinski definition) is 6. The molecule has 39 heavy (non-hydrogen) atoms. The van der Waals surface area contributed by atoms with Gasteiger partial charge in [0.15, 0.2) is 0 Å². The minimum absolute atomic E-state index is 0.0809. The molecule has 0 unspecified atom stereocenters. The van der Waals surface area contributed by atoms with E-state index in [-0.39, 0.29) is 54.3 Å². The number of aliphatic hydroxyl groups excluding tert-OH is 1. The third-order valence-corrected chi connectivity index (χ3v) is 6.72. The van der Waals surface area contributed by atoms with Gasteiger partial charge < -0.3 is 19.6 Å². The van der Waals surface area contributed by atoms with Crippen LogP contribution in [0.3, 0.4) is 0 Å². The summed E-state index contributed by atoms with van der Waals surface area (Å²) in [5.41, 5.74) is 1.70. The van der Waals surface area contributed by atoms with E-state index in [0.717, 1.165) is 5.56 Å². The van der Waals surface area contributed by atoms with Crippen molar-refractivity contribution in [3.05, 3.63) is 89.1 Å². The number of aromatic nitrogens is 2. The topological polar surface area (TPSA) is 95.9 Å². The van der Waals surface area contributed by atoms with E-state index in [2.05, 4.69) is 21.8 Å². The number of benzene rings is 1. The van der Waals surface area contributed by atoms with Gasteiger partial charge in [-0.3, -0.25) is 14.6 Å². The standard InChI is InChI=1S/C30H31FN4O4/c1-20-17-35(21(2)19-36)30(38)25-14-23(8-9-24-6-4-5-7-26(24)31)16-33-29(25)39-27(20)18-34(3)28(37)15-22-10-12-32-13-11-22/h4-7,10-14,16,20-21,27,36H,15,17-19H2,1-3H3/t20-,21-,27+/m0/s1. The molecular formula is C30H31FN4O4. The van der Waals surface area contributed by atoms with E-state index < -0.39 is 18.0 Å². The summed E-state index contributed by atoms with van der Waals surface area (Å²) in [6.45, 7) is 4.07. The zero-order valence-electron chi connectivity index (χ0n) is 22.2. The van der Waals surface area contributed by atoms with E-state index in [4.69, 9.17) is 4.74 Å². The Kier molecular flexibility index (Phi) is 8.89. The third-order valence-electron chi connectivity index (χ3n) is 6.72. The zero-order chi connectivity index (χ0) is 27.9. The minimum atomic E-state index is -0.473. The number of amides is 2. The molecular weight excluding hydrogens is 499 g/mol. The predicted molar refractivity (Wildman–Crippen MR) is 143 cm³/mol. The molecule has 0 bridgehead atoms. The second kappa shape index (κ2) is 12.5. The Bertz CT molecular complexity index is 1390. The van der Waals surface area contributed by atoms with Gasteiger partial charge in [-0.25, -0.2) is 9.37 Å². The fourth-order valence-corrected chi connectivity index (χ4v) is 4.27. The molecule has 9 heteroatoms. The Morgan fingerprint density at radius 1 is 1.26 bits per heavy atom. The van der Waals surface area contributed by atoms with Gasteiger partial charge in [0.1, 0.15) is 17.5 Å². The number of pyridine rings is 2. The third kappa shape index (κ3) is 6.78. The predicted octanol–water partition coefficient (Wildman–Crippen LogP) is 2.94. The van der Waals surface area contributed by atoms with Crippen molar-refractivity contribution in [2.24, 2.45) is 5.92 Å². The Morgan fingerprint density at radius 2 is 2.00 bits per heavy atom. The first kappa shape index (κ1) is 27.7. The average molecular weight is 531 g/mol. The van der Waals surface area contributed by atoms with Crippen molar-refractivity contribution in [2.75, 3.05) is 26.7 Å². The lowest BCUT2D eigenvalue weighted by Crippen LogP contribution is -2.50. The average Bonchev–Trinajstić information content (AvgIpc) is 2.94. The fraction of sp³-hybridized carbons (Fsp3) is 0.333. The van der Waals surface area contributed by atoms with Crippen LogP contribution in [0.2, 0.25) is 0 Å². The maximum atomic E-state index is 14.0. The Balaban J connectivity index is 1.62. The molecule has 0 spiro atoms. The molecule has 2 amide bonds. The SMILES string of the molecule is C[C@H]1CN([C@@H](C)CO)C(=O)c2cc(C#Cc3ccccc3F)cnc2O[C@@H]1CN(C)C(=O)Cc1ccncc1. The van der Waals surface area contributed by atoms with E-state index in [9.17, 15) is 19.1 Å². The van der Waals surface area contributed by atoms with Crippen LogP contribution in [-0.2, 0) is 11.2 Å². The molecule has 0 radical (unpaired) electrons. The number of carbonyl (C=O) groups excluding carboxylic acids is 2. The number of halogens is 1. The summed E-state index contributed by atoms with van der Waals surface area (Å²) in [4.78, 5) is 38.1. The molecule has 1 aliphatic rings. The maximum absolute atomic E-state index is 14.0. The molecule has 0 aliphatic carbocycles. The molecule has 3 aromatic rings. The Morgan fingerprint density at radius 3 is 2.72 bits per heavy atom. The fourth-order valence-electron chi connectivity index (χ4n) is 4.27. The van der Waals surface area contributed by atoms with E-state index in [1.54, 1.807) is 72.6 Å². The van der Waals surface area contributed by atoms with E-state index in [0.29, 0.717) is 12.1 Å². The summed E-state index contributed by atoms with van der Waals surface area (Å²) in [5.74, 6) is 4.74. The lowest BCUT2D eigenvalue weighted by molar-refractivity contribution is -0.130. The van der Waals surface area contributed by atoms with Gasteiger partial charge in [0.2, 0.25) is 11.8 Å². The summed E-state index contributed by atoms with van der Waals surface area (Å²) in [6.07, 6.45) is 4.52. The van der Waals surface area contributed by atoms with Crippen LogP contribution in [0.15, 0.2) is 61.1 Å². The molecule has 0 fully saturated rings.